The van der Waals surface area contributed by atoms with Crippen molar-refractivity contribution in [1.29, 1.82) is 0 Å². The van der Waals surface area contributed by atoms with Crippen molar-refractivity contribution in [1.82, 2.24) is 9.88 Å². The minimum Gasteiger partial charge on any atom is -0.391 e. The summed E-state index contributed by atoms with van der Waals surface area (Å²) in [6, 6.07) is -0.266. The number of nitrogens with zero attached hydrogens (tertiary/aromatic N) is 2. The second-order valence-electron chi connectivity index (χ2n) is 4.52. The van der Waals surface area contributed by atoms with E-state index in [1.165, 1.54) is 11.3 Å². The second kappa shape index (κ2) is 6.47. The first kappa shape index (κ1) is 15.4. The predicted octanol–water partition coefficient (Wildman–Crippen LogP) is 0.621. The van der Waals surface area contributed by atoms with Crippen LogP contribution in [0.4, 0.5) is 0 Å². The molecule has 1 fully saturated rings. The van der Waals surface area contributed by atoms with Crippen molar-refractivity contribution in [3.05, 3.63) is 16.6 Å². The molecule has 0 bridgehead atoms. The number of thiazole rings is 1. The van der Waals surface area contributed by atoms with E-state index in [2.05, 4.69) is 4.98 Å². The van der Waals surface area contributed by atoms with Gasteiger partial charge in [0.1, 0.15) is 5.01 Å². The van der Waals surface area contributed by atoms with Crippen LogP contribution in [0.15, 0.2) is 11.6 Å². The highest BCUT2D eigenvalue weighted by molar-refractivity contribution is 7.09. The molecule has 0 spiro atoms. The highest BCUT2D eigenvalue weighted by Gasteiger charge is 2.36. The van der Waals surface area contributed by atoms with Gasteiger partial charge in [-0.1, -0.05) is 0 Å². The summed E-state index contributed by atoms with van der Waals surface area (Å²) in [5, 5.41) is 12.4. The fourth-order valence-electron chi connectivity index (χ4n) is 2.17. The molecule has 5 nitrogen and oxygen atoms in total. The molecular weight excluding hydrogens is 274 g/mol. The molecule has 0 aliphatic heterocycles. The first-order chi connectivity index (χ1) is 8.08. The van der Waals surface area contributed by atoms with Gasteiger partial charge in [-0.2, -0.15) is 0 Å². The number of carbonyl (C=O) groups excluding carboxylic acids is 1. The van der Waals surface area contributed by atoms with E-state index >= 15 is 0 Å². The van der Waals surface area contributed by atoms with Crippen LogP contribution in [0.25, 0.3) is 0 Å². The third-order valence-corrected chi connectivity index (χ3v) is 3.92. The molecule has 18 heavy (non-hydrogen) atoms. The fraction of sp³-hybridized carbons (Fsp3) is 0.636. The Morgan fingerprint density at radius 1 is 1.67 bits per heavy atom. The molecule has 0 unspecified atom stereocenters. The van der Waals surface area contributed by atoms with Crippen molar-refractivity contribution in [3.8, 4) is 0 Å². The van der Waals surface area contributed by atoms with E-state index in [0.29, 0.717) is 19.4 Å². The third kappa shape index (κ3) is 3.41. The molecule has 3 atom stereocenters. The molecule has 102 valence electrons. The van der Waals surface area contributed by atoms with Gasteiger partial charge in [0.05, 0.1) is 12.6 Å². The normalized spacial score (nSPS) is 26.7. The number of hydrogen-bond donors (Lipinski definition) is 2. The molecule has 1 amide bonds. The summed E-state index contributed by atoms with van der Waals surface area (Å²) in [6.45, 7) is 0.526. The minimum atomic E-state index is -0.544. The standard InChI is InChI=1S/C11H17N3O2S.ClH/c1-14(6-10-13-2-3-17-10)11(16)7-4-8(12)9(15)5-7;/h2-3,7-9,15H,4-6,12H2,1H3;1H/t7-,8-,9-;/m0./s1. The maximum Gasteiger partial charge on any atom is 0.225 e. The topological polar surface area (TPSA) is 79.5 Å². The lowest BCUT2D eigenvalue weighted by atomic mass is 10.1. The average molecular weight is 292 g/mol. The van der Waals surface area contributed by atoms with Gasteiger partial charge in [0.2, 0.25) is 5.91 Å². The molecule has 1 aromatic heterocycles. The molecule has 1 aliphatic carbocycles. The number of carbonyl (C=O) groups is 1. The van der Waals surface area contributed by atoms with Crippen LogP contribution in [0.3, 0.4) is 0 Å². The lowest BCUT2D eigenvalue weighted by molar-refractivity contribution is -0.134. The monoisotopic (exact) mass is 291 g/mol. The molecular formula is C11H18ClN3O2S. The number of nitrogens with two attached hydrogens (primary N) is 1. The predicted molar refractivity (Wildman–Crippen MR) is 72.5 cm³/mol. The Morgan fingerprint density at radius 3 is 2.89 bits per heavy atom. The third-order valence-electron chi connectivity index (χ3n) is 3.16. The van der Waals surface area contributed by atoms with E-state index in [1.54, 1.807) is 18.1 Å². The molecule has 0 radical (unpaired) electrons. The van der Waals surface area contributed by atoms with Crippen LogP contribution in [0, 0.1) is 5.92 Å². The van der Waals surface area contributed by atoms with E-state index in [4.69, 9.17) is 5.73 Å². The summed E-state index contributed by atoms with van der Waals surface area (Å²) in [6.07, 6.45) is 2.23. The summed E-state index contributed by atoms with van der Waals surface area (Å²) in [7, 11) is 1.76. The van der Waals surface area contributed by atoms with Crippen molar-refractivity contribution >= 4 is 29.7 Å². The van der Waals surface area contributed by atoms with Gasteiger partial charge < -0.3 is 15.7 Å². The van der Waals surface area contributed by atoms with E-state index in [-0.39, 0.29) is 30.3 Å². The van der Waals surface area contributed by atoms with Crippen LogP contribution >= 0.6 is 23.7 Å². The Kier molecular flexibility index (Phi) is 5.52. The van der Waals surface area contributed by atoms with E-state index in [1.807, 2.05) is 5.38 Å². The molecule has 1 saturated carbocycles. The number of aromatic nitrogens is 1. The van der Waals surface area contributed by atoms with Crippen LogP contribution in [-0.2, 0) is 11.3 Å². The fourth-order valence-corrected chi connectivity index (χ4v) is 2.84. The average Bonchev–Trinajstić information content (AvgIpc) is 2.89. The van der Waals surface area contributed by atoms with Crippen LogP contribution < -0.4 is 5.73 Å². The maximum absolute atomic E-state index is 12.1. The van der Waals surface area contributed by atoms with Gasteiger partial charge in [-0.15, -0.1) is 23.7 Å². The minimum absolute atomic E-state index is 0. The molecule has 2 rings (SSSR count). The van der Waals surface area contributed by atoms with Gasteiger partial charge >= 0.3 is 0 Å². The van der Waals surface area contributed by atoms with Gasteiger partial charge in [-0.05, 0) is 12.8 Å². The van der Waals surface area contributed by atoms with Gasteiger partial charge in [-0.3, -0.25) is 4.79 Å². The number of halogens is 1. The second-order valence-corrected chi connectivity index (χ2v) is 5.50. The maximum atomic E-state index is 12.1. The Bertz CT molecular complexity index is 378. The number of hydrogen-bond acceptors (Lipinski definition) is 5. The Morgan fingerprint density at radius 2 is 2.39 bits per heavy atom. The van der Waals surface area contributed by atoms with E-state index in [9.17, 15) is 9.90 Å². The number of aliphatic hydroxyl groups excluding tert-OH is 1. The van der Waals surface area contributed by atoms with Gasteiger partial charge in [0, 0.05) is 30.6 Å². The molecule has 0 saturated heterocycles. The van der Waals surface area contributed by atoms with Crippen LogP contribution in [0.2, 0.25) is 0 Å². The van der Waals surface area contributed by atoms with Gasteiger partial charge in [0.25, 0.3) is 0 Å². The lowest BCUT2D eigenvalue weighted by Crippen LogP contribution is -2.32. The lowest BCUT2D eigenvalue weighted by Gasteiger charge is -2.19. The van der Waals surface area contributed by atoms with Crippen molar-refractivity contribution in [2.24, 2.45) is 11.7 Å². The zero-order valence-corrected chi connectivity index (χ0v) is 11.8. The Balaban J connectivity index is 0.00000162. The number of aliphatic hydroxyl groups is 1. The number of amides is 1. The number of rotatable bonds is 3. The summed E-state index contributed by atoms with van der Waals surface area (Å²) in [4.78, 5) is 17.9. The largest absolute Gasteiger partial charge is 0.391 e. The summed E-state index contributed by atoms with van der Waals surface area (Å²) in [5.74, 6) is -0.0998. The first-order valence-corrected chi connectivity index (χ1v) is 6.53. The van der Waals surface area contributed by atoms with Crippen LogP contribution in [0.1, 0.15) is 17.8 Å². The highest BCUT2D eigenvalue weighted by atomic mass is 35.5. The first-order valence-electron chi connectivity index (χ1n) is 5.65. The smallest absolute Gasteiger partial charge is 0.225 e. The van der Waals surface area contributed by atoms with Crippen molar-refractivity contribution in [2.75, 3.05) is 7.05 Å². The zero-order valence-electron chi connectivity index (χ0n) is 10.2. The summed E-state index contributed by atoms with van der Waals surface area (Å²) >= 11 is 1.53. The Hall–Kier alpha value is -0.690. The molecule has 1 heterocycles. The Labute approximate surface area is 116 Å². The molecule has 0 aromatic carbocycles. The van der Waals surface area contributed by atoms with Crippen molar-refractivity contribution < 1.29 is 9.90 Å². The quantitative estimate of drug-likeness (QED) is 0.856. The van der Waals surface area contributed by atoms with Crippen molar-refractivity contribution in [3.63, 3.8) is 0 Å². The van der Waals surface area contributed by atoms with E-state index in [0.717, 1.165) is 5.01 Å². The van der Waals surface area contributed by atoms with E-state index < -0.39 is 6.10 Å². The van der Waals surface area contributed by atoms with Crippen molar-refractivity contribution in [2.45, 2.75) is 31.5 Å². The molecule has 7 heteroatoms. The van der Waals surface area contributed by atoms with Crippen LogP contribution in [0.5, 0.6) is 0 Å². The van der Waals surface area contributed by atoms with Gasteiger partial charge in [-0.25, -0.2) is 4.98 Å². The zero-order chi connectivity index (χ0) is 12.4. The SMILES string of the molecule is CN(Cc1nccs1)C(=O)[C@H]1C[C@H](N)[C@@H](O)C1.Cl. The molecule has 1 aliphatic rings. The molecule has 3 N–H and O–H groups in total. The summed E-state index contributed by atoms with van der Waals surface area (Å²) < 4.78 is 0. The molecule has 1 aromatic rings. The van der Waals surface area contributed by atoms with Gasteiger partial charge in [0.15, 0.2) is 0 Å². The highest BCUT2D eigenvalue weighted by Crippen LogP contribution is 2.26. The van der Waals surface area contributed by atoms with Crippen LogP contribution in [-0.4, -0.2) is 40.1 Å². The summed E-state index contributed by atoms with van der Waals surface area (Å²) in [5.41, 5.74) is 5.71.